The van der Waals surface area contributed by atoms with Crippen molar-refractivity contribution in [2.45, 2.75) is 12.8 Å². The summed E-state index contributed by atoms with van der Waals surface area (Å²) in [6, 6.07) is 2.16. The molecule has 8 heteroatoms. The molecule has 0 aromatic heterocycles. The SMILES string of the molecule is N#Cc1cc([N+](=O)[O-])c(CO)cc1C(F)(F)F. The van der Waals surface area contributed by atoms with Gasteiger partial charge < -0.3 is 5.11 Å². The summed E-state index contributed by atoms with van der Waals surface area (Å²) >= 11 is 0. The van der Waals surface area contributed by atoms with Crippen molar-refractivity contribution in [3.05, 3.63) is 38.9 Å². The van der Waals surface area contributed by atoms with Gasteiger partial charge in [0.1, 0.15) is 6.07 Å². The van der Waals surface area contributed by atoms with Crippen LogP contribution in [0.15, 0.2) is 12.1 Å². The lowest BCUT2D eigenvalue weighted by Crippen LogP contribution is -2.10. The van der Waals surface area contributed by atoms with Gasteiger partial charge in [-0.15, -0.1) is 0 Å². The van der Waals surface area contributed by atoms with E-state index in [0.717, 1.165) is 0 Å². The molecule has 0 aliphatic heterocycles. The molecule has 0 aliphatic carbocycles. The summed E-state index contributed by atoms with van der Waals surface area (Å²) in [5.41, 5.74) is -3.34. The number of nitro benzene ring substituents is 1. The molecule has 0 radical (unpaired) electrons. The number of hydrogen-bond donors (Lipinski definition) is 1. The number of nitro groups is 1. The summed E-state index contributed by atoms with van der Waals surface area (Å²) in [4.78, 5) is 9.56. The first-order chi connectivity index (χ1) is 7.81. The van der Waals surface area contributed by atoms with Crippen LogP contribution < -0.4 is 0 Å². The number of aliphatic hydroxyl groups excluding tert-OH is 1. The van der Waals surface area contributed by atoms with E-state index in [-0.39, 0.29) is 0 Å². The Kier molecular flexibility index (Phi) is 3.34. The van der Waals surface area contributed by atoms with E-state index in [9.17, 15) is 23.3 Å². The maximum atomic E-state index is 12.5. The van der Waals surface area contributed by atoms with Crippen molar-refractivity contribution < 1.29 is 23.2 Å². The highest BCUT2D eigenvalue weighted by Crippen LogP contribution is 2.35. The maximum Gasteiger partial charge on any atom is 0.417 e. The van der Waals surface area contributed by atoms with Crippen molar-refractivity contribution in [1.29, 1.82) is 5.26 Å². The summed E-state index contributed by atoms with van der Waals surface area (Å²) in [6.45, 7) is -0.912. The van der Waals surface area contributed by atoms with Crippen LogP contribution in [0.2, 0.25) is 0 Å². The number of alkyl halides is 3. The minimum atomic E-state index is -4.80. The first-order valence-corrected chi connectivity index (χ1v) is 4.20. The molecule has 0 bridgehead atoms. The fourth-order valence-corrected chi connectivity index (χ4v) is 1.26. The molecule has 1 N–H and O–H groups in total. The van der Waals surface area contributed by atoms with Gasteiger partial charge in [-0.1, -0.05) is 0 Å². The van der Waals surface area contributed by atoms with Gasteiger partial charge in [0.05, 0.1) is 28.2 Å². The molecule has 0 spiro atoms. The summed E-state index contributed by atoms with van der Waals surface area (Å²) in [5.74, 6) is 0. The van der Waals surface area contributed by atoms with Gasteiger partial charge >= 0.3 is 6.18 Å². The normalized spacial score (nSPS) is 11.0. The summed E-state index contributed by atoms with van der Waals surface area (Å²) in [5, 5.41) is 27.8. The van der Waals surface area contributed by atoms with E-state index in [0.29, 0.717) is 12.1 Å². The fourth-order valence-electron chi connectivity index (χ4n) is 1.26. The van der Waals surface area contributed by atoms with Crippen molar-refractivity contribution in [2.24, 2.45) is 0 Å². The highest BCUT2D eigenvalue weighted by atomic mass is 19.4. The van der Waals surface area contributed by atoms with Gasteiger partial charge in [0.25, 0.3) is 5.69 Å². The van der Waals surface area contributed by atoms with Crippen LogP contribution in [0, 0.1) is 21.4 Å². The zero-order chi connectivity index (χ0) is 13.2. The predicted octanol–water partition coefficient (Wildman–Crippen LogP) is 1.98. The summed E-state index contributed by atoms with van der Waals surface area (Å²) in [6.07, 6.45) is -4.80. The molecule has 1 aromatic carbocycles. The molecule has 17 heavy (non-hydrogen) atoms. The first kappa shape index (κ1) is 12.9. The minimum Gasteiger partial charge on any atom is -0.391 e. The first-order valence-electron chi connectivity index (χ1n) is 4.20. The molecule has 90 valence electrons. The van der Waals surface area contributed by atoms with Crippen molar-refractivity contribution in [3.8, 4) is 6.07 Å². The van der Waals surface area contributed by atoms with Gasteiger partial charge in [0.2, 0.25) is 0 Å². The molecule has 1 aromatic rings. The third-order valence-electron chi connectivity index (χ3n) is 2.01. The average molecular weight is 246 g/mol. The molecule has 0 atom stereocenters. The Morgan fingerprint density at radius 2 is 2.06 bits per heavy atom. The molecule has 0 amide bonds. The van der Waals surface area contributed by atoms with E-state index in [2.05, 4.69) is 0 Å². The monoisotopic (exact) mass is 246 g/mol. The second-order valence-corrected chi connectivity index (χ2v) is 3.05. The van der Waals surface area contributed by atoms with E-state index in [1.165, 1.54) is 6.07 Å². The number of halogens is 3. The van der Waals surface area contributed by atoms with Crippen LogP contribution >= 0.6 is 0 Å². The van der Waals surface area contributed by atoms with Gasteiger partial charge in [-0.05, 0) is 6.07 Å². The molecule has 1 rings (SSSR count). The predicted molar refractivity (Wildman–Crippen MR) is 48.7 cm³/mol. The largest absolute Gasteiger partial charge is 0.417 e. The van der Waals surface area contributed by atoms with Crippen LogP contribution in [-0.4, -0.2) is 10.0 Å². The Balaban J connectivity index is 3.56. The number of benzene rings is 1. The summed E-state index contributed by atoms with van der Waals surface area (Å²) < 4.78 is 37.4. The Bertz CT molecular complexity index is 505. The Hall–Kier alpha value is -2.14. The van der Waals surface area contributed by atoms with E-state index in [4.69, 9.17) is 10.4 Å². The van der Waals surface area contributed by atoms with Crippen LogP contribution in [-0.2, 0) is 12.8 Å². The van der Waals surface area contributed by atoms with Gasteiger partial charge in [-0.25, -0.2) is 0 Å². The highest BCUT2D eigenvalue weighted by Gasteiger charge is 2.35. The number of nitrogens with zero attached hydrogens (tertiary/aromatic N) is 2. The van der Waals surface area contributed by atoms with Crippen molar-refractivity contribution in [3.63, 3.8) is 0 Å². The van der Waals surface area contributed by atoms with Crippen molar-refractivity contribution in [2.75, 3.05) is 0 Å². The van der Waals surface area contributed by atoms with Crippen molar-refractivity contribution in [1.82, 2.24) is 0 Å². The Morgan fingerprint density at radius 3 is 2.41 bits per heavy atom. The van der Waals surface area contributed by atoms with Crippen LogP contribution in [0.3, 0.4) is 0 Å². The lowest BCUT2D eigenvalue weighted by atomic mass is 10.0. The zero-order valence-corrected chi connectivity index (χ0v) is 8.15. The maximum absolute atomic E-state index is 12.5. The average Bonchev–Trinajstić information content (AvgIpc) is 2.25. The molecule has 0 unspecified atom stereocenters. The second kappa shape index (κ2) is 4.39. The number of aliphatic hydroxyl groups is 1. The Labute approximate surface area is 92.9 Å². The highest BCUT2D eigenvalue weighted by molar-refractivity contribution is 5.52. The molecule has 5 nitrogen and oxygen atoms in total. The molecule has 0 fully saturated rings. The number of hydrogen-bond acceptors (Lipinski definition) is 4. The molecular formula is C9H5F3N2O3. The topological polar surface area (TPSA) is 87.2 Å². The lowest BCUT2D eigenvalue weighted by molar-refractivity contribution is -0.385. The quantitative estimate of drug-likeness (QED) is 0.638. The number of rotatable bonds is 2. The summed E-state index contributed by atoms with van der Waals surface area (Å²) in [7, 11) is 0. The van der Waals surface area contributed by atoms with E-state index in [1.54, 1.807) is 0 Å². The van der Waals surface area contributed by atoms with E-state index >= 15 is 0 Å². The van der Waals surface area contributed by atoms with Gasteiger partial charge in [-0.3, -0.25) is 10.1 Å². The third kappa shape index (κ3) is 2.51. The van der Waals surface area contributed by atoms with Crippen LogP contribution in [0.4, 0.5) is 18.9 Å². The van der Waals surface area contributed by atoms with Gasteiger partial charge in [-0.2, -0.15) is 18.4 Å². The zero-order valence-electron chi connectivity index (χ0n) is 8.15. The standard InChI is InChI=1S/C9H5F3N2O3/c10-9(11,12)7-1-6(4-15)8(14(16)17)2-5(7)3-13/h1-2,15H,4H2. The van der Waals surface area contributed by atoms with Crippen LogP contribution in [0.25, 0.3) is 0 Å². The van der Waals surface area contributed by atoms with Crippen LogP contribution in [0.1, 0.15) is 16.7 Å². The van der Waals surface area contributed by atoms with Gasteiger partial charge in [0, 0.05) is 6.07 Å². The molecule has 0 aliphatic rings. The van der Waals surface area contributed by atoms with E-state index < -0.39 is 40.1 Å². The van der Waals surface area contributed by atoms with Crippen molar-refractivity contribution >= 4 is 5.69 Å². The van der Waals surface area contributed by atoms with Gasteiger partial charge in [0.15, 0.2) is 0 Å². The lowest BCUT2D eigenvalue weighted by Gasteiger charge is -2.10. The molecular weight excluding hydrogens is 241 g/mol. The smallest absolute Gasteiger partial charge is 0.391 e. The molecule has 0 saturated carbocycles. The second-order valence-electron chi connectivity index (χ2n) is 3.05. The minimum absolute atomic E-state index is 0.413. The third-order valence-corrected chi connectivity index (χ3v) is 2.01. The Morgan fingerprint density at radius 1 is 1.47 bits per heavy atom. The fraction of sp³-hybridized carbons (Fsp3) is 0.222. The molecule has 0 saturated heterocycles. The van der Waals surface area contributed by atoms with Crippen LogP contribution in [0.5, 0.6) is 0 Å². The number of nitriles is 1. The van der Waals surface area contributed by atoms with E-state index in [1.807, 2.05) is 0 Å². The molecule has 0 heterocycles.